The van der Waals surface area contributed by atoms with Gasteiger partial charge >= 0.3 is 12.1 Å². The van der Waals surface area contributed by atoms with Gasteiger partial charge < -0.3 is 20.5 Å². The average molecular weight is 424 g/mol. The largest absolute Gasteiger partial charge is 0.481 e. The molecular formula is C24H28N2O5. The molecule has 0 aromatic heterocycles. The third-order valence-corrected chi connectivity index (χ3v) is 5.36. The van der Waals surface area contributed by atoms with Crippen LogP contribution in [0, 0.1) is 5.92 Å². The second-order valence-electron chi connectivity index (χ2n) is 8.08. The van der Waals surface area contributed by atoms with Crippen LogP contribution in [0.5, 0.6) is 0 Å². The standard InChI is InChI=1S/C24H28N2O5/c1-15(11-22(27)26-16(2)12-23(28)29)13-25-24(30)31-14-21-19-9-5-3-7-17(19)18-8-4-6-10-20(18)21/h3-10,15-16,21H,11-14H2,1-2H3,(H,25,30)(H,26,27)(H,28,29). The molecule has 3 rings (SSSR count). The van der Waals surface area contributed by atoms with Gasteiger partial charge in [-0.05, 0) is 35.1 Å². The van der Waals surface area contributed by atoms with Gasteiger partial charge in [0.05, 0.1) is 6.42 Å². The smallest absolute Gasteiger partial charge is 0.407 e. The van der Waals surface area contributed by atoms with Crippen LogP contribution in [0.3, 0.4) is 0 Å². The molecular weight excluding hydrogens is 396 g/mol. The average Bonchev–Trinajstić information content (AvgIpc) is 3.04. The second kappa shape index (κ2) is 10.1. The molecule has 2 atom stereocenters. The minimum Gasteiger partial charge on any atom is -0.481 e. The van der Waals surface area contributed by atoms with Crippen LogP contribution in [0.25, 0.3) is 11.1 Å². The third kappa shape index (κ3) is 5.84. The van der Waals surface area contributed by atoms with Gasteiger partial charge in [-0.15, -0.1) is 0 Å². The van der Waals surface area contributed by atoms with Gasteiger partial charge in [0.25, 0.3) is 0 Å². The highest BCUT2D eigenvalue weighted by Crippen LogP contribution is 2.44. The molecule has 1 aliphatic rings. The SMILES string of the molecule is CC(CNC(=O)OCC1c2ccccc2-c2ccccc21)CC(=O)NC(C)CC(=O)O. The molecule has 0 spiro atoms. The number of benzene rings is 2. The molecule has 2 amide bonds. The molecule has 0 saturated carbocycles. The molecule has 7 nitrogen and oxygen atoms in total. The monoisotopic (exact) mass is 424 g/mol. The molecule has 2 aromatic carbocycles. The summed E-state index contributed by atoms with van der Waals surface area (Å²) in [6, 6.07) is 15.8. The lowest BCUT2D eigenvalue weighted by molar-refractivity contribution is -0.137. The van der Waals surface area contributed by atoms with Crippen LogP contribution in [-0.2, 0) is 14.3 Å². The molecule has 3 N–H and O–H groups in total. The van der Waals surface area contributed by atoms with Crippen molar-refractivity contribution in [3.8, 4) is 11.1 Å². The number of carbonyl (C=O) groups excluding carboxylic acids is 2. The van der Waals surface area contributed by atoms with Crippen molar-refractivity contribution in [1.29, 1.82) is 0 Å². The predicted octanol–water partition coefficient (Wildman–Crippen LogP) is 3.53. The number of carbonyl (C=O) groups is 3. The summed E-state index contributed by atoms with van der Waals surface area (Å²) in [4.78, 5) is 34.9. The zero-order valence-electron chi connectivity index (χ0n) is 17.8. The summed E-state index contributed by atoms with van der Waals surface area (Å²) in [6.07, 6.45) is -0.459. The van der Waals surface area contributed by atoms with Crippen molar-refractivity contribution in [2.45, 2.75) is 38.6 Å². The van der Waals surface area contributed by atoms with Crippen LogP contribution in [0.4, 0.5) is 4.79 Å². The highest BCUT2D eigenvalue weighted by molar-refractivity contribution is 5.79. The lowest BCUT2D eigenvalue weighted by Crippen LogP contribution is -2.37. The zero-order chi connectivity index (χ0) is 22.4. The van der Waals surface area contributed by atoms with Gasteiger partial charge in [0.15, 0.2) is 0 Å². The quantitative estimate of drug-likeness (QED) is 0.571. The lowest BCUT2D eigenvalue weighted by atomic mass is 9.98. The minimum atomic E-state index is -0.960. The van der Waals surface area contributed by atoms with Gasteiger partial charge in [-0.3, -0.25) is 9.59 Å². The number of ether oxygens (including phenoxy) is 1. The molecule has 164 valence electrons. The predicted molar refractivity (Wildman–Crippen MR) is 117 cm³/mol. The number of carboxylic acids is 1. The third-order valence-electron chi connectivity index (χ3n) is 5.36. The fourth-order valence-electron chi connectivity index (χ4n) is 3.94. The van der Waals surface area contributed by atoms with E-state index in [1.165, 1.54) is 11.1 Å². The lowest BCUT2D eigenvalue weighted by Gasteiger charge is -2.17. The topological polar surface area (TPSA) is 105 Å². The Morgan fingerprint density at radius 1 is 0.968 bits per heavy atom. The fourth-order valence-corrected chi connectivity index (χ4v) is 3.94. The Balaban J connectivity index is 1.46. The van der Waals surface area contributed by atoms with E-state index < -0.39 is 18.1 Å². The van der Waals surface area contributed by atoms with E-state index in [1.807, 2.05) is 31.2 Å². The Bertz CT molecular complexity index is 913. The van der Waals surface area contributed by atoms with E-state index in [4.69, 9.17) is 9.84 Å². The number of fused-ring (bicyclic) bond motifs is 3. The first kappa shape index (κ1) is 22.3. The van der Waals surface area contributed by atoms with E-state index in [1.54, 1.807) is 6.92 Å². The van der Waals surface area contributed by atoms with Crippen LogP contribution in [0.1, 0.15) is 43.7 Å². The molecule has 2 unspecified atom stereocenters. The van der Waals surface area contributed by atoms with Crippen molar-refractivity contribution in [1.82, 2.24) is 10.6 Å². The van der Waals surface area contributed by atoms with Crippen molar-refractivity contribution >= 4 is 18.0 Å². The van der Waals surface area contributed by atoms with Crippen LogP contribution in [0.15, 0.2) is 48.5 Å². The van der Waals surface area contributed by atoms with Crippen molar-refractivity contribution in [2.24, 2.45) is 5.92 Å². The Morgan fingerprint density at radius 3 is 2.13 bits per heavy atom. The zero-order valence-corrected chi connectivity index (χ0v) is 17.8. The number of amides is 2. The summed E-state index contributed by atoms with van der Waals surface area (Å²) in [5.74, 6) is -1.32. The molecule has 0 saturated heterocycles. The Hall–Kier alpha value is -3.35. The van der Waals surface area contributed by atoms with Gasteiger partial charge in [0.1, 0.15) is 6.61 Å². The maximum atomic E-state index is 12.2. The van der Waals surface area contributed by atoms with E-state index in [0.29, 0.717) is 0 Å². The maximum Gasteiger partial charge on any atom is 0.407 e. The van der Waals surface area contributed by atoms with Gasteiger partial charge in [-0.2, -0.15) is 0 Å². The van der Waals surface area contributed by atoms with Crippen molar-refractivity contribution in [3.05, 3.63) is 59.7 Å². The van der Waals surface area contributed by atoms with Gasteiger partial charge in [0.2, 0.25) is 5.91 Å². The summed E-state index contributed by atoms with van der Waals surface area (Å²) in [5, 5.41) is 14.1. The highest BCUT2D eigenvalue weighted by Gasteiger charge is 2.29. The van der Waals surface area contributed by atoms with Gasteiger partial charge in [-0.1, -0.05) is 55.5 Å². The molecule has 1 aliphatic carbocycles. The van der Waals surface area contributed by atoms with Crippen molar-refractivity contribution in [2.75, 3.05) is 13.2 Å². The normalized spacial score (nSPS) is 14.1. The fraction of sp³-hybridized carbons (Fsp3) is 0.375. The van der Waals surface area contributed by atoms with E-state index in [0.717, 1.165) is 11.1 Å². The molecule has 0 fully saturated rings. The first-order valence-corrected chi connectivity index (χ1v) is 10.4. The first-order valence-electron chi connectivity index (χ1n) is 10.4. The maximum absolute atomic E-state index is 12.2. The summed E-state index contributed by atoms with van der Waals surface area (Å²) in [6.45, 7) is 4.01. The molecule has 0 bridgehead atoms. The number of hydrogen-bond donors (Lipinski definition) is 3. The van der Waals surface area contributed by atoms with E-state index in [2.05, 4.69) is 34.9 Å². The van der Waals surface area contributed by atoms with Gasteiger partial charge in [0, 0.05) is 24.9 Å². The Morgan fingerprint density at radius 2 is 1.55 bits per heavy atom. The highest BCUT2D eigenvalue weighted by atomic mass is 16.5. The molecule has 0 heterocycles. The van der Waals surface area contributed by atoms with Crippen molar-refractivity contribution in [3.63, 3.8) is 0 Å². The Kier molecular flexibility index (Phi) is 7.28. The first-order chi connectivity index (χ1) is 14.8. The summed E-state index contributed by atoms with van der Waals surface area (Å²) >= 11 is 0. The molecule has 2 aromatic rings. The second-order valence-corrected chi connectivity index (χ2v) is 8.08. The Labute approximate surface area is 181 Å². The number of aliphatic carboxylic acids is 1. The van der Waals surface area contributed by atoms with Crippen LogP contribution < -0.4 is 10.6 Å². The minimum absolute atomic E-state index is 0.00271. The summed E-state index contributed by atoms with van der Waals surface area (Å²) in [7, 11) is 0. The van der Waals surface area contributed by atoms with Gasteiger partial charge in [-0.25, -0.2) is 4.79 Å². The van der Waals surface area contributed by atoms with E-state index >= 15 is 0 Å². The van der Waals surface area contributed by atoms with Crippen LogP contribution in [-0.4, -0.2) is 42.3 Å². The van der Waals surface area contributed by atoms with E-state index in [9.17, 15) is 14.4 Å². The number of nitrogens with one attached hydrogen (secondary N) is 2. The van der Waals surface area contributed by atoms with E-state index in [-0.39, 0.29) is 43.7 Å². The number of hydrogen-bond acceptors (Lipinski definition) is 4. The molecule has 31 heavy (non-hydrogen) atoms. The van der Waals surface area contributed by atoms with Crippen LogP contribution >= 0.6 is 0 Å². The molecule has 0 aliphatic heterocycles. The summed E-state index contributed by atoms with van der Waals surface area (Å²) in [5.41, 5.74) is 4.64. The molecule has 7 heteroatoms. The number of carboxylic acid groups (broad SMARTS) is 1. The summed E-state index contributed by atoms with van der Waals surface area (Å²) < 4.78 is 5.49. The number of rotatable bonds is 9. The van der Waals surface area contributed by atoms with Crippen LogP contribution in [0.2, 0.25) is 0 Å². The molecule has 0 radical (unpaired) electrons. The number of alkyl carbamates (subject to hydrolysis) is 1. The van der Waals surface area contributed by atoms with Crippen molar-refractivity contribution < 1.29 is 24.2 Å².